The van der Waals surface area contributed by atoms with Crippen LogP contribution >= 0.6 is 0 Å². The number of carboxylic acid groups (broad SMARTS) is 1. The Balaban J connectivity index is 1.99. The lowest BCUT2D eigenvalue weighted by atomic mass is 10.0. The normalized spacial score (nSPS) is 11.9. The number of aliphatic carboxylic acids is 1. The van der Waals surface area contributed by atoms with Gasteiger partial charge in [0.05, 0.1) is 6.10 Å². The van der Waals surface area contributed by atoms with Crippen LogP contribution in [0.1, 0.15) is 25.0 Å². The molecule has 7 heteroatoms. The predicted octanol–water partition coefficient (Wildman–Crippen LogP) is 4.00. The van der Waals surface area contributed by atoms with Gasteiger partial charge in [-0.05, 0) is 43.7 Å². The molecule has 0 heterocycles. The van der Waals surface area contributed by atoms with E-state index in [1.807, 2.05) is 6.07 Å². The highest BCUT2D eigenvalue weighted by Gasteiger charge is 2.20. The van der Waals surface area contributed by atoms with Crippen molar-refractivity contribution in [2.75, 3.05) is 5.32 Å². The molecular formula is C20H22FNO5. The fraction of sp³-hybridized carbons (Fsp3) is 0.300. The molecule has 0 radical (unpaired) electrons. The topological polar surface area (TPSA) is 84.9 Å². The average molecular weight is 375 g/mol. The van der Waals surface area contributed by atoms with Crippen LogP contribution in [-0.4, -0.2) is 29.4 Å². The van der Waals surface area contributed by atoms with Crippen molar-refractivity contribution in [3.63, 3.8) is 0 Å². The molecule has 2 rings (SSSR count). The quantitative estimate of drug-likeness (QED) is 0.729. The highest BCUT2D eigenvalue weighted by Crippen LogP contribution is 2.16. The summed E-state index contributed by atoms with van der Waals surface area (Å²) in [6, 6.07) is 12.9. The Morgan fingerprint density at radius 3 is 2.48 bits per heavy atom. The molecule has 27 heavy (non-hydrogen) atoms. The third-order valence-corrected chi connectivity index (χ3v) is 3.62. The Hall–Kier alpha value is -2.93. The molecule has 0 aliphatic rings. The summed E-state index contributed by atoms with van der Waals surface area (Å²) in [4.78, 5) is 23.1. The van der Waals surface area contributed by atoms with Crippen LogP contribution in [0, 0.1) is 5.82 Å². The van der Waals surface area contributed by atoms with E-state index < -0.39 is 24.0 Å². The first kappa shape index (κ1) is 20.4. The lowest BCUT2D eigenvalue weighted by molar-refractivity contribution is -0.153. The third-order valence-electron chi connectivity index (χ3n) is 3.62. The minimum Gasteiger partial charge on any atom is -0.479 e. The molecule has 1 atom stereocenters. The number of hydrogen-bond donors (Lipinski definition) is 2. The molecule has 0 fully saturated rings. The van der Waals surface area contributed by atoms with Crippen LogP contribution < -0.4 is 5.32 Å². The van der Waals surface area contributed by atoms with E-state index in [4.69, 9.17) is 9.47 Å². The fourth-order valence-electron chi connectivity index (χ4n) is 2.42. The number of hydrogen-bond acceptors (Lipinski definition) is 4. The zero-order chi connectivity index (χ0) is 19.8. The number of halogens is 1. The predicted molar refractivity (Wildman–Crippen MR) is 98.0 cm³/mol. The summed E-state index contributed by atoms with van der Waals surface area (Å²) >= 11 is 0. The van der Waals surface area contributed by atoms with Gasteiger partial charge in [0.2, 0.25) is 0 Å². The van der Waals surface area contributed by atoms with E-state index >= 15 is 0 Å². The molecular weight excluding hydrogens is 353 g/mol. The summed E-state index contributed by atoms with van der Waals surface area (Å²) < 4.78 is 24.4. The van der Waals surface area contributed by atoms with Crippen LogP contribution in [0.3, 0.4) is 0 Å². The molecule has 6 nitrogen and oxygen atoms in total. The van der Waals surface area contributed by atoms with Gasteiger partial charge in [0.15, 0.2) is 6.10 Å². The van der Waals surface area contributed by atoms with Crippen molar-refractivity contribution < 1.29 is 28.6 Å². The van der Waals surface area contributed by atoms with Gasteiger partial charge in [0.1, 0.15) is 12.4 Å². The minimum atomic E-state index is -1.09. The van der Waals surface area contributed by atoms with Crippen LogP contribution in [0.15, 0.2) is 48.5 Å². The number of carboxylic acids is 1. The van der Waals surface area contributed by atoms with Gasteiger partial charge in [0, 0.05) is 17.7 Å². The van der Waals surface area contributed by atoms with E-state index in [1.54, 1.807) is 38.1 Å². The molecule has 0 bridgehead atoms. The Kier molecular flexibility index (Phi) is 7.31. The van der Waals surface area contributed by atoms with Gasteiger partial charge in [0.25, 0.3) is 0 Å². The lowest BCUT2D eigenvalue weighted by Crippen LogP contribution is -2.29. The fourth-order valence-corrected chi connectivity index (χ4v) is 2.42. The average Bonchev–Trinajstić information content (AvgIpc) is 2.62. The van der Waals surface area contributed by atoms with E-state index in [0.717, 1.165) is 0 Å². The van der Waals surface area contributed by atoms with Gasteiger partial charge in [-0.1, -0.05) is 24.3 Å². The molecule has 2 aromatic rings. The van der Waals surface area contributed by atoms with Crippen molar-refractivity contribution in [2.24, 2.45) is 0 Å². The summed E-state index contributed by atoms with van der Waals surface area (Å²) in [6.45, 7) is 3.21. The van der Waals surface area contributed by atoms with Crippen molar-refractivity contribution in [1.29, 1.82) is 0 Å². The zero-order valence-corrected chi connectivity index (χ0v) is 15.1. The molecule has 0 aliphatic carbocycles. The van der Waals surface area contributed by atoms with E-state index in [2.05, 4.69) is 5.32 Å². The molecule has 2 N–H and O–H groups in total. The second kappa shape index (κ2) is 9.68. The Morgan fingerprint density at radius 1 is 1.15 bits per heavy atom. The van der Waals surface area contributed by atoms with Gasteiger partial charge in [-0.25, -0.2) is 14.0 Å². The van der Waals surface area contributed by atoms with Gasteiger partial charge >= 0.3 is 12.1 Å². The molecule has 0 spiro atoms. The van der Waals surface area contributed by atoms with Crippen molar-refractivity contribution in [2.45, 2.75) is 39.1 Å². The highest BCUT2D eigenvalue weighted by atomic mass is 19.1. The number of para-hydroxylation sites is 1. The standard InChI is InChI=1S/C20H22FNO5/c1-13(2)27-18(19(23)24)11-14-8-9-17(21)15(10-14)12-26-20(25)22-16-6-4-3-5-7-16/h3-10,13,18H,11-12H2,1-2H3,(H,22,25)(H,23,24). The second-order valence-corrected chi connectivity index (χ2v) is 6.21. The summed E-state index contributed by atoms with van der Waals surface area (Å²) in [5.74, 6) is -1.63. The van der Waals surface area contributed by atoms with Crippen molar-refractivity contribution in [3.8, 4) is 0 Å². The number of nitrogens with one attached hydrogen (secondary N) is 1. The SMILES string of the molecule is CC(C)OC(Cc1ccc(F)c(COC(=O)Nc2ccccc2)c1)C(=O)O. The molecule has 0 saturated carbocycles. The third kappa shape index (κ3) is 6.71. The Morgan fingerprint density at radius 2 is 1.85 bits per heavy atom. The maximum atomic E-state index is 14.0. The van der Waals surface area contributed by atoms with Crippen LogP contribution in [0.5, 0.6) is 0 Å². The largest absolute Gasteiger partial charge is 0.479 e. The zero-order valence-electron chi connectivity index (χ0n) is 15.1. The lowest BCUT2D eigenvalue weighted by Gasteiger charge is -2.17. The second-order valence-electron chi connectivity index (χ2n) is 6.21. The van der Waals surface area contributed by atoms with Crippen LogP contribution in [0.4, 0.5) is 14.9 Å². The van der Waals surface area contributed by atoms with E-state index in [-0.39, 0.29) is 24.7 Å². The molecule has 2 aromatic carbocycles. The molecule has 1 amide bonds. The first-order valence-electron chi connectivity index (χ1n) is 8.49. The number of carbonyl (C=O) groups excluding carboxylic acids is 1. The van der Waals surface area contributed by atoms with Crippen LogP contribution in [0.25, 0.3) is 0 Å². The molecule has 0 aromatic heterocycles. The number of anilines is 1. The number of carbonyl (C=O) groups is 2. The van der Waals surface area contributed by atoms with Crippen LogP contribution in [0.2, 0.25) is 0 Å². The molecule has 0 saturated heterocycles. The summed E-state index contributed by atoms with van der Waals surface area (Å²) in [7, 11) is 0. The molecule has 144 valence electrons. The number of benzene rings is 2. The smallest absolute Gasteiger partial charge is 0.411 e. The monoisotopic (exact) mass is 375 g/mol. The summed E-state index contributed by atoms with van der Waals surface area (Å²) in [6.07, 6.45) is -1.92. The van der Waals surface area contributed by atoms with Crippen molar-refractivity contribution >= 4 is 17.7 Å². The first-order valence-corrected chi connectivity index (χ1v) is 8.49. The molecule has 1 unspecified atom stereocenters. The van der Waals surface area contributed by atoms with Crippen molar-refractivity contribution in [1.82, 2.24) is 0 Å². The van der Waals surface area contributed by atoms with E-state index in [1.165, 1.54) is 18.2 Å². The minimum absolute atomic E-state index is 0.0804. The summed E-state index contributed by atoms with van der Waals surface area (Å²) in [5, 5.41) is 11.8. The van der Waals surface area contributed by atoms with E-state index in [9.17, 15) is 19.1 Å². The highest BCUT2D eigenvalue weighted by molar-refractivity contribution is 5.84. The van der Waals surface area contributed by atoms with Gasteiger partial charge < -0.3 is 14.6 Å². The summed E-state index contributed by atoms with van der Waals surface area (Å²) in [5.41, 5.74) is 1.29. The Labute approximate surface area is 156 Å². The van der Waals surface area contributed by atoms with Gasteiger partial charge in [-0.3, -0.25) is 5.32 Å². The van der Waals surface area contributed by atoms with Crippen LogP contribution in [-0.2, 0) is 27.3 Å². The first-order chi connectivity index (χ1) is 12.8. The molecule has 0 aliphatic heterocycles. The van der Waals surface area contributed by atoms with Crippen molar-refractivity contribution in [3.05, 3.63) is 65.5 Å². The number of ether oxygens (including phenoxy) is 2. The van der Waals surface area contributed by atoms with Gasteiger partial charge in [-0.2, -0.15) is 0 Å². The van der Waals surface area contributed by atoms with Gasteiger partial charge in [-0.15, -0.1) is 0 Å². The number of rotatable bonds is 8. The Bertz CT molecular complexity index is 779. The maximum Gasteiger partial charge on any atom is 0.411 e. The van der Waals surface area contributed by atoms with E-state index in [0.29, 0.717) is 11.3 Å². The number of amides is 1. The maximum absolute atomic E-state index is 14.0.